The molecule has 1 aromatic rings. The van der Waals surface area contributed by atoms with Crippen LogP contribution >= 0.6 is 0 Å². The first-order valence-corrected chi connectivity index (χ1v) is 6.28. The van der Waals surface area contributed by atoms with Gasteiger partial charge in [0, 0.05) is 5.69 Å². The van der Waals surface area contributed by atoms with E-state index in [2.05, 4.69) is 29.5 Å². The Morgan fingerprint density at radius 1 is 1.59 bits per heavy atom. The van der Waals surface area contributed by atoms with Crippen molar-refractivity contribution >= 4 is 0 Å². The van der Waals surface area contributed by atoms with E-state index in [4.69, 9.17) is 0 Å². The molecule has 1 N–H and O–H groups in total. The van der Waals surface area contributed by atoms with Crippen LogP contribution in [0.3, 0.4) is 0 Å². The van der Waals surface area contributed by atoms with E-state index in [0.29, 0.717) is 12.5 Å². The molecule has 0 aliphatic heterocycles. The molecule has 1 saturated carbocycles. The first-order valence-electron chi connectivity index (χ1n) is 6.28. The van der Waals surface area contributed by atoms with E-state index >= 15 is 0 Å². The molecular weight excluding hydrogens is 212 g/mol. The van der Waals surface area contributed by atoms with Gasteiger partial charge in [-0.25, -0.2) is 0 Å². The van der Waals surface area contributed by atoms with Gasteiger partial charge >= 0.3 is 0 Å². The topological polar surface area (TPSA) is 53.6 Å². The number of hydrogen-bond donors (Lipinski definition) is 1. The molecule has 1 aromatic heterocycles. The SMILES string of the molecule is CCNC(C#N)(Cn1nc(C)cc1C)C1CC1. The molecule has 1 atom stereocenters. The van der Waals surface area contributed by atoms with E-state index < -0.39 is 5.54 Å². The largest absolute Gasteiger partial charge is 0.298 e. The fourth-order valence-corrected chi connectivity index (χ4v) is 2.46. The van der Waals surface area contributed by atoms with E-state index in [1.54, 1.807) is 0 Å². The number of hydrogen-bond acceptors (Lipinski definition) is 3. The van der Waals surface area contributed by atoms with Gasteiger partial charge in [0.05, 0.1) is 18.3 Å². The van der Waals surface area contributed by atoms with Crippen LogP contribution in [0.5, 0.6) is 0 Å². The summed E-state index contributed by atoms with van der Waals surface area (Å²) in [4.78, 5) is 0. The highest BCUT2D eigenvalue weighted by Gasteiger charge is 2.45. The van der Waals surface area contributed by atoms with E-state index in [1.165, 1.54) is 0 Å². The first kappa shape index (κ1) is 12.1. The summed E-state index contributed by atoms with van der Waals surface area (Å²) in [6, 6.07) is 4.55. The molecule has 92 valence electrons. The summed E-state index contributed by atoms with van der Waals surface area (Å²) in [5, 5.41) is 17.4. The predicted molar refractivity (Wildman–Crippen MR) is 66.4 cm³/mol. The Bertz CT molecular complexity index is 439. The summed E-state index contributed by atoms with van der Waals surface area (Å²) in [6.07, 6.45) is 2.31. The Kier molecular flexibility index (Phi) is 3.21. The van der Waals surface area contributed by atoms with Gasteiger partial charge in [0.25, 0.3) is 0 Å². The number of nitriles is 1. The summed E-state index contributed by atoms with van der Waals surface area (Å²) in [7, 11) is 0. The lowest BCUT2D eigenvalue weighted by Crippen LogP contribution is -2.49. The molecule has 1 aliphatic carbocycles. The summed E-state index contributed by atoms with van der Waals surface area (Å²) in [6.45, 7) is 7.56. The molecule has 0 amide bonds. The second kappa shape index (κ2) is 4.50. The molecule has 1 unspecified atom stereocenters. The molecule has 1 aliphatic rings. The van der Waals surface area contributed by atoms with Crippen LogP contribution in [0.2, 0.25) is 0 Å². The lowest BCUT2D eigenvalue weighted by atomic mass is 9.95. The second-order valence-corrected chi connectivity index (χ2v) is 4.97. The van der Waals surface area contributed by atoms with Crippen molar-refractivity contribution in [3.63, 3.8) is 0 Å². The van der Waals surface area contributed by atoms with E-state index in [9.17, 15) is 5.26 Å². The molecule has 0 bridgehead atoms. The Balaban J connectivity index is 2.23. The quantitative estimate of drug-likeness (QED) is 0.842. The van der Waals surface area contributed by atoms with Gasteiger partial charge in [-0.15, -0.1) is 0 Å². The van der Waals surface area contributed by atoms with Crippen LogP contribution < -0.4 is 5.32 Å². The van der Waals surface area contributed by atoms with E-state index in [0.717, 1.165) is 30.8 Å². The van der Waals surface area contributed by atoms with E-state index in [1.807, 2.05) is 18.5 Å². The smallest absolute Gasteiger partial charge is 0.129 e. The average Bonchev–Trinajstić information content (AvgIpc) is 3.07. The Hall–Kier alpha value is -1.34. The van der Waals surface area contributed by atoms with Crippen molar-refractivity contribution in [2.45, 2.75) is 45.7 Å². The minimum absolute atomic E-state index is 0.433. The maximum absolute atomic E-state index is 9.52. The van der Waals surface area contributed by atoms with Crippen LogP contribution in [-0.4, -0.2) is 21.9 Å². The third-order valence-electron chi connectivity index (χ3n) is 3.47. The normalized spacial score (nSPS) is 18.7. The first-order chi connectivity index (χ1) is 8.11. The summed E-state index contributed by atoms with van der Waals surface area (Å²) in [5.74, 6) is 0.483. The molecule has 1 fully saturated rings. The van der Waals surface area contributed by atoms with Crippen LogP contribution in [0.1, 0.15) is 31.2 Å². The predicted octanol–water partition coefficient (Wildman–Crippen LogP) is 1.78. The third kappa shape index (κ3) is 2.34. The van der Waals surface area contributed by atoms with Crippen molar-refractivity contribution in [2.75, 3.05) is 6.54 Å². The number of nitrogens with zero attached hydrogens (tertiary/aromatic N) is 3. The van der Waals surface area contributed by atoms with Gasteiger partial charge in [0.2, 0.25) is 0 Å². The van der Waals surface area contributed by atoms with Crippen molar-refractivity contribution in [3.8, 4) is 6.07 Å². The number of aryl methyl sites for hydroxylation is 2. The summed E-state index contributed by atoms with van der Waals surface area (Å²) in [5.41, 5.74) is 1.71. The highest BCUT2D eigenvalue weighted by Crippen LogP contribution is 2.40. The molecule has 1 heterocycles. The molecule has 4 nitrogen and oxygen atoms in total. The fraction of sp³-hybridized carbons (Fsp3) is 0.692. The van der Waals surface area contributed by atoms with Crippen LogP contribution in [0.4, 0.5) is 0 Å². The van der Waals surface area contributed by atoms with Crippen LogP contribution in [0.15, 0.2) is 6.07 Å². The maximum Gasteiger partial charge on any atom is 0.129 e. The van der Waals surface area contributed by atoms with Crippen LogP contribution in [-0.2, 0) is 6.54 Å². The molecule has 0 aromatic carbocycles. The fourth-order valence-electron chi connectivity index (χ4n) is 2.46. The molecular formula is C13H20N4. The third-order valence-corrected chi connectivity index (χ3v) is 3.47. The zero-order valence-corrected chi connectivity index (χ0v) is 10.8. The molecule has 4 heteroatoms. The van der Waals surface area contributed by atoms with Crippen LogP contribution in [0.25, 0.3) is 0 Å². The van der Waals surface area contributed by atoms with Gasteiger partial charge in [-0.3, -0.25) is 10.00 Å². The summed E-state index contributed by atoms with van der Waals surface area (Å²) < 4.78 is 1.96. The molecule has 2 rings (SSSR count). The second-order valence-electron chi connectivity index (χ2n) is 4.97. The molecule has 0 saturated heterocycles. The Morgan fingerprint density at radius 2 is 2.29 bits per heavy atom. The van der Waals surface area contributed by atoms with Crippen LogP contribution in [0, 0.1) is 31.1 Å². The number of nitrogens with one attached hydrogen (secondary N) is 1. The standard InChI is InChI=1S/C13H20N4/c1-4-15-13(8-14,12-5-6-12)9-17-11(3)7-10(2)16-17/h7,12,15H,4-6,9H2,1-3H3. The van der Waals surface area contributed by atoms with Crippen molar-refractivity contribution in [1.29, 1.82) is 5.26 Å². The van der Waals surface area contributed by atoms with E-state index in [-0.39, 0.29) is 0 Å². The van der Waals surface area contributed by atoms with Crippen molar-refractivity contribution < 1.29 is 0 Å². The monoisotopic (exact) mass is 232 g/mol. The highest BCUT2D eigenvalue weighted by atomic mass is 15.3. The molecule has 17 heavy (non-hydrogen) atoms. The Morgan fingerprint density at radius 3 is 2.71 bits per heavy atom. The van der Waals surface area contributed by atoms with Gasteiger partial charge in [-0.2, -0.15) is 10.4 Å². The van der Waals surface area contributed by atoms with Crippen molar-refractivity contribution in [2.24, 2.45) is 5.92 Å². The number of likely N-dealkylation sites (N-methyl/N-ethyl adjacent to an activating group) is 1. The zero-order valence-electron chi connectivity index (χ0n) is 10.8. The van der Waals surface area contributed by atoms with Gasteiger partial charge in [0.1, 0.15) is 5.54 Å². The zero-order chi connectivity index (χ0) is 12.5. The Labute approximate surface area is 103 Å². The minimum atomic E-state index is -0.433. The average molecular weight is 232 g/mol. The minimum Gasteiger partial charge on any atom is -0.298 e. The lowest BCUT2D eigenvalue weighted by Gasteiger charge is -2.28. The van der Waals surface area contributed by atoms with Crippen molar-refractivity contribution in [3.05, 3.63) is 17.5 Å². The van der Waals surface area contributed by atoms with Crippen molar-refractivity contribution in [1.82, 2.24) is 15.1 Å². The number of rotatable bonds is 5. The van der Waals surface area contributed by atoms with Gasteiger partial charge < -0.3 is 0 Å². The maximum atomic E-state index is 9.52. The molecule has 0 radical (unpaired) electrons. The number of aromatic nitrogens is 2. The summed E-state index contributed by atoms with van der Waals surface area (Å²) >= 11 is 0. The van der Waals surface area contributed by atoms with Gasteiger partial charge in [-0.05, 0) is 45.2 Å². The highest BCUT2D eigenvalue weighted by molar-refractivity contribution is 5.17. The lowest BCUT2D eigenvalue weighted by molar-refractivity contribution is 0.308. The van der Waals surface area contributed by atoms with Gasteiger partial charge in [-0.1, -0.05) is 6.92 Å². The van der Waals surface area contributed by atoms with Gasteiger partial charge in [0.15, 0.2) is 0 Å². The molecule has 0 spiro atoms.